The SMILES string of the molecule is O=[N+]([O-])c1cc(S(=O)(=O)NCc2cccc(Cl)c2)sc1Cl. The molecule has 1 aromatic heterocycles. The van der Waals surface area contributed by atoms with Gasteiger partial charge in [0.2, 0.25) is 0 Å². The summed E-state index contributed by atoms with van der Waals surface area (Å²) >= 11 is 12.1. The van der Waals surface area contributed by atoms with E-state index in [9.17, 15) is 18.5 Å². The Hall–Kier alpha value is -1.19. The molecule has 2 aromatic rings. The number of hydrogen-bond acceptors (Lipinski definition) is 5. The number of halogens is 2. The molecule has 2 rings (SSSR count). The Morgan fingerprint density at radius 1 is 1.29 bits per heavy atom. The zero-order valence-corrected chi connectivity index (χ0v) is 13.4. The highest BCUT2D eigenvalue weighted by molar-refractivity contribution is 7.91. The van der Waals surface area contributed by atoms with Gasteiger partial charge >= 0.3 is 0 Å². The molecule has 10 heteroatoms. The summed E-state index contributed by atoms with van der Waals surface area (Å²) in [6, 6.07) is 7.63. The van der Waals surface area contributed by atoms with Gasteiger partial charge in [-0.2, -0.15) is 0 Å². The molecule has 0 aliphatic carbocycles. The lowest BCUT2D eigenvalue weighted by atomic mass is 10.2. The van der Waals surface area contributed by atoms with Crippen LogP contribution in [-0.4, -0.2) is 13.3 Å². The fraction of sp³-hybridized carbons (Fsp3) is 0.0909. The first-order chi connectivity index (χ1) is 9.79. The Labute approximate surface area is 134 Å². The van der Waals surface area contributed by atoms with Crippen LogP contribution >= 0.6 is 34.5 Å². The average Bonchev–Trinajstić information content (AvgIpc) is 2.80. The molecule has 6 nitrogen and oxygen atoms in total. The van der Waals surface area contributed by atoms with Crippen molar-refractivity contribution in [3.8, 4) is 0 Å². The van der Waals surface area contributed by atoms with Gasteiger partial charge in [0.1, 0.15) is 4.21 Å². The maximum absolute atomic E-state index is 12.1. The van der Waals surface area contributed by atoms with Crippen LogP contribution in [0.4, 0.5) is 5.69 Å². The van der Waals surface area contributed by atoms with E-state index in [1.165, 1.54) is 0 Å². The zero-order valence-electron chi connectivity index (χ0n) is 10.2. The first-order valence-electron chi connectivity index (χ1n) is 5.47. The highest BCUT2D eigenvalue weighted by Crippen LogP contribution is 2.36. The fourth-order valence-corrected chi connectivity index (χ4v) is 4.43. The second-order valence-electron chi connectivity index (χ2n) is 3.94. The molecule has 1 heterocycles. The second kappa shape index (κ2) is 6.29. The van der Waals surface area contributed by atoms with Gasteiger partial charge < -0.3 is 0 Å². The third-order valence-electron chi connectivity index (χ3n) is 2.46. The second-order valence-corrected chi connectivity index (χ2v) is 8.02. The van der Waals surface area contributed by atoms with Crippen LogP contribution in [0.5, 0.6) is 0 Å². The summed E-state index contributed by atoms with van der Waals surface area (Å²) in [6.07, 6.45) is 0. The van der Waals surface area contributed by atoms with Crippen LogP contribution in [0.25, 0.3) is 0 Å². The van der Waals surface area contributed by atoms with Crippen molar-refractivity contribution in [3.63, 3.8) is 0 Å². The molecule has 0 saturated carbocycles. The highest BCUT2D eigenvalue weighted by Gasteiger charge is 2.25. The first kappa shape index (κ1) is 16.2. The van der Waals surface area contributed by atoms with E-state index in [1.54, 1.807) is 24.3 Å². The smallest absolute Gasteiger partial charge is 0.258 e. The van der Waals surface area contributed by atoms with E-state index >= 15 is 0 Å². The summed E-state index contributed by atoms with van der Waals surface area (Å²) in [6.45, 7) is 0.0200. The largest absolute Gasteiger partial charge is 0.300 e. The number of thiophene rings is 1. The van der Waals surface area contributed by atoms with Gasteiger partial charge in [-0.3, -0.25) is 10.1 Å². The highest BCUT2D eigenvalue weighted by atomic mass is 35.5. The average molecular weight is 367 g/mol. The van der Waals surface area contributed by atoms with Crippen LogP contribution in [0, 0.1) is 10.1 Å². The quantitative estimate of drug-likeness (QED) is 0.648. The Kier molecular flexibility index (Phi) is 4.84. The molecule has 0 aliphatic rings. The minimum absolute atomic E-state index is 0.0200. The lowest BCUT2D eigenvalue weighted by Crippen LogP contribution is -2.22. The van der Waals surface area contributed by atoms with Crippen molar-refractivity contribution in [2.75, 3.05) is 0 Å². The number of hydrogen-bond donors (Lipinski definition) is 1. The van der Waals surface area contributed by atoms with Crippen molar-refractivity contribution in [2.24, 2.45) is 0 Å². The van der Waals surface area contributed by atoms with Crippen molar-refractivity contribution in [1.82, 2.24) is 4.72 Å². The van der Waals surface area contributed by atoms with Crippen LogP contribution in [0.1, 0.15) is 5.56 Å². The number of sulfonamides is 1. The van der Waals surface area contributed by atoms with E-state index in [0.29, 0.717) is 21.9 Å². The molecular formula is C11H8Cl2N2O4S2. The summed E-state index contributed by atoms with van der Waals surface area (Å²) in [7, 11) is -3.87. The van der Waals surface area contributed by atoms with E-state index < -0.39 is 20.6 Å². The monoisotopic (exact) mass is 366 g/mol. The fourth-order valence-electron chi connectivity index (χ4n) is 1.49. The van der Waals surface area contributed by atoms with E-state index in [2.05, 4.69) is 4.72 Å². The van der Waals surface area contributed by atoms with Crippen LogP contribution in [-0.2, 0) is 16.6 Å². The van der Waals surface area contributed by atoms with Gasteiger partial charge in [0, 0.05) is 17.6 Å². The van der Waals surface area contributed by atoms with Gasteiger partial charge in [0.25, 0.3) is 15.7 Å². The van der Waals surface area contributed by atoms with Crippen LogP contribution < -0.4 is 4.72 Å². The number of nitrogens with zero attached hydrogens (tertiary/aromatic N) is 1. The van der Waals surface area contributed by atoms with E-state index in [1.807, 2.05) is 0 Å². The maximum Gasteiger partial charge on any atom is 0.300 e. The number of benzene rings is 1. The lowest BCUT2D eigenvalue weighted by molar-refractivity contribution is -0.384. The van der Waals surface area contributed by atoms with Gasteiger partial charge in [-0.05, 0) is 17.7 Å². The molecule has 1 N–H and O–H groups in total. The predicted octanol–water partition coefficient (Wildman–Crippen LogP) is 3.44. The molecule has 0 bridgehead atoms. The third kappa shape index (κ3) is 3.92. The molecule has 112 valence electrons. The van der Waals surface area contributed by atoms with Crippen LogP contribution in [0.3, 0.4) is 0 Å². The topological polar surface area (TPSA) is 89.3 Å². The maximum atomic E-state index is 12.1. The van der Waals surface area contributed by atoms with Crippen molar-refractivity contribution >= 4 is 50.2 Å². The Balaban J connectivity index is 2.19. The molecule has 0 spiro atoms. The molecule has 0 saturated heterocycles. The standard InChI is InChI=1S/C11H8Cl2N2O4S2/c12-8-3-1-2-7(4-8)6-14-21(18,19)10-5-9(15(16)17)11(13)20-10/h1-5,14H,6H2. The van der Waals surface area contributed by atoms with Gasteiger partial charge in [0.05, 0.1) is 4.92 Å². The van der Waals surface area contributed by atoms with E-state index in [-0.39, 0.29) is 15.1 Å². The van der Waals surface area contributed by atoms with Crippen molar-refractivity contribution in [1.29, 1.82) is 0 Å². The van der Waals surface area contributed by atoms with Gasteiger partial charge in [0.15, 0.2) is 4.34 Å². The normalized spacial score (nSPS) is 11.5. The van der Waals surface area contributed by atoms with Gasteiger partial charge in [-0.1, -0.05) is 35.3 Å². The summed E-state index contributed by atoms with van der Waals surface area (Å²) in [5.41, 5.74) is 0.244. The summed E-state index contributed by atoms with van der Waals surface area (Å²) in [5.74, 6) is 0. The molecule has 0 amide bonds. The van der Waals surface area contributed by atoms with Crippen LogP contribution in [0.15, 0.2) is 34.5 Å². The minimum Gasteiger partial charge on any atom is -0.258 e. The molecule has 0 atom stereocenters. The number of rotatable bonds is 5. The van der Waals surface area contributed by atoms with Gasteiger partial charge in [-0.15, -0.1) is 11.3 Å². The Bertz CT molecular complexity index is 789. The Morgan fingerprint density at radius 2 is 2.00 bits per heavy atom. The summed E-state index contributed by atoms with van der Waals surface area (Å²) in [5, 5.41) is 11.2. The third-order valence-corrected chi connectivity index (χ3v) is 5.91. The molecular weight excluding hydrogens is 359 g/mol. The summed E-state index contributed by atoms with van der Waals surface area (Å²) < 4.78 is 26.1. The van der Waals surface area contributed by atoms with Crippen molar-refractivity contribution in [3.05, 3.63) is 55.4 Å². The first-order valence-corrected chi connectivity index (χ1v) is 8.53. The minimum atomic E-state index is -3.87. The molecule has 0 radical (unpaired) electrons. The predicted molar refractivity (Wildman–Crippen MR) is 81.5 cm³/mol. The number of nitro groups is 1. The van der Waals surface area contributed by atoms with E-state index in [4.69, 9.17) is 23.2 Å². The molecule has 1 aromatic carbocycles. The molecule has 0 aliphatic heterocycles. The van der Waals surface area contributed by atoms with Crippen molar-refractivity contribution in [2.45, 2.75) is 10.8 Å². The van der Waals surface area contributed by atoms with Crippen LogP contribution in [0.2, 0.25) is 9.36 Å². The molecule has 0 unspecified atom stereocenters. The van der Waals surface area contributed by atoms with Gasteiger partial charge in [-0.25, -0.2) is 13.1 Å². The Morgan fingerprint density at radius 3 is 2.57 bits per heavy atom. The molecule has 21 heavy (non-hydrogen) atoms. The lowest BCUT2D eigenvalue weighted by Gasteiger charge is -2.04. The van der Waals surface area contributed by atoms with E-state index in [0.717, 1.165) is 6.07 Å². The van der Waals surface area contributed by atoms with Crippen molar-refractivity contribution < 1.29 is 13.3 Å². The summed E-state index contributed by atoms with van der Waals surface area (Å²) in [4.78, 5) is 9.95. The number of nitrogens with one attached hydrogen (secondary N) is 1. The zero-order chi connectivity index (χ0) is 15.6. The molecule has 0 fully saturated rings.